The Morgan fingerprint density at radius 2 is 2.14 bits per heavy atom. The average Bonchev–Trinajstić information content (AvgIpc) is 2.47. The Labute approximate surface area is 126 Å². The van der Waals surface area contributed by atoms with Crippen molar-refractivity contribution in [2.45, 2.75) is 19.6 Å². The number of nitrogens with zero attached hydrogens (tertiary/aromatic N) is 1. The minimum absolute atomic E-state index is 0.0701. The van der Waals surface area contributed by atoms with Crippen LogP contribution in [-0.4, -0.2) is 56.7 Å². The first-order chi connectivity index (χ1) is 10.2. The Morgan fingerprint density at radius 3 is 2.86 bits per heavy atom. The summed E-state index contributed by atoms with van der Waals surface area (Å²) in [4.78, 5) is 14.2. The van der Waals surface area contributed by atoms with Gasteiger partial charge in [0.15, 0.2) is 0 Å². The van der Waals surface area contributed by atoms with Crippen LogP contribution in [0.2, 0.25) is 0 Å². The van der Waals surface area contributed by atoms with Gasteiger partial charge < -0.3 is 15.4 Å². The number of amides is 1. The highest BCUT2D eigenvalue weighted by Crippen LogP contribution is 2.05. The van der Waals surface area contributed by atoms with Crippen LogP contribution in [0.25, 0.3) is 0 Å². The van der Waals surface area contributed by atoms with Crippen molar-refractivity contribution in [2.24, 2.45) is 0 Å². The molecule has 5 nitrogen and oxygen atoms in total. The number of likely N-dealkylation sites (N-methyl/N-ethyl adjacent to an activating group) is 1. The van der Waals surface area contributed by atoms with E-state index in [0.717, 1.165) is 25.2 Å². The van der Waals surface area contributed by atoms with E-state index in [0.29, 0.717) is 19.7 Å². The Bertz CT molecular complexity index is 445. The van der Waals surface area contributed by atoms with Gasteiger partial charge in [0, 0.05) is 26.2 Å². The van der Waals surface area contributed by atoms with E-state index in [4.69, 9.17) is 4.74 Å². The van der Waals surface area contributed by atoms with Gasteiger partial charge in [0.2, 0.25) is 5.91 Å². The summed E-state index contributed by atoms with van der Waals surface area (Å²) < 4.78 is 5.63. The molecule has 1 fully saturated rings. The lowest BCUT2D eigenvalue weighted by atomic mass is 10.1. The number of nitrogens with one attached hydrogen (secondary N) is 2. The summed E-state index contributed by atoms with van der Waals surface area (Å²) in [5.41, 5.74) is 2.36. The summed E-state index contributed by atoms with van der Waals surface area (Å²) in [6, 6.07) is 8.22. The molecule has 0 bridgehead atoms. The minimum atomic E-state index is 0.0701. The van der Waals surface area contributed by atoms with Crippen molar-refractivity contribution in [3.05, 3.63) is 35.4 Å². The highest BCUT2D eigenvalue weighted by Gasteiger charge is 2.21. The van der Waals surface area contributed by atoms with Gasteiger partial charge in [-0.25, -0.2) is 0 Å². The fourth-order valence-corrected chi connectivity index (χ4v) is 2.44. The van der Waals surface area contributed by atoms with Crippen LogP contribution in [0.15, 0.2) is 24.3 Å². The molecule has 1 saturated heterocycles. The maximum absolute atomic E-state index is 12.0. The molecule has 2 N–H and O–H groups in total. The van der Waals surface area contributed by atoms with Gasteiger partial charge in [-0.05, 0) is 19.5 Å². The molecule has 1 atom stereocenters. The van der Waals surface area contributed by atoms with Crippen molar-refractivity contribution in [1.82, 2.24) is 15.5 Å². The van der Waals surface area contributed by atoms with E-state index in [1.54, 1.807) is 0 Å². The van der Waals surface area contributed by atoms with Crippen LogP contribution < -0.4 is 10.6 Å². The van der Waals surface area contributed by atoms with Crippen molar-refractivity contribution in [1.29, 1.82) is 0 Å². The summed E-state index contributed by atoms with van der Waals surface area (Å²) in [5, 5.41) is 6.09. The molecule has 0 aliphatic carbocycles. The molecule has 1 aliphatic rings. The number of ether oxygens (including phenoxy) is 1. The van der Waals surface area contributed by atoms with Gasteiger partial charge in [-0.3, -0.25) is 9.69 Å². The van der Waals surface area contributed by atoms with Gasteiger partial charge in [-0.15, -0.1) is 0 Å². The first-order valence-electron chi connectivity index (χ1n) is 7.48. The van der Waals surface area contributed by atoms with Crippen LogP contribution in [0.5, 0.6) is 0 Å². The number of aryl methyl sites for hydroxylation is 1. The second-order valence-corrected chi connectivity index (χ2v) is 5.55. The van der Waals surface area contributed by atoms with Crippen molar-refractivity contribution >= 4 is 5.91 Å². The van der Waals surface area contributed by atoms with Crippen LogP contribution in [0.4, 0.5) is 0 Å². The van der Waals surface area contributed by atoms with Gasteiger partial charge in [0.25, 0.3) is 0 Å². The van der Waals surface area contributed by atoms with E-state index in [9.17, 15) is 4.79 Å². The predicted molar refractivity (Wildman–Crippen MR) is 83.1 cm³/mol. The third kappa shape index (κ3) is 5.46. The van der Waals surface area contributed by atoms with E-state index >= 15 is 0 Å². The molecule has 1 heterocycles. The number of hydrogen-bond donors (Lipinski definition) is 2. The zero-order chi connectivity index (χ0) is 15.1. The van der Waals surface area contributed by atoms with Crippen molar-refractivity contribution in [3.8, 4) is 0 Å². The summed E-state index contributed by atoms with van der Waals surface area (Å²) >= 11 is 0. The molecule has 116 valence electrons. The third-order valence-electron chi connectivity index (χ3n) is 3.63. The van der Waals surface area contributed by atoms with E-state index in [2.05, 4.69) is 34.6 Å². The van der Waals surface area contributed by atoms with E-state index in [-0.39, 0.29) is 12.0 Å². The van der Waals surface area contributed by atoms with Crippen LogP contribution in [0, 0.1) is 6.92 Å². The number of carbonyl (C=O) groups excluding carboxylic acids is 1. The molecule has 1 unspecified atom stereocenters. The predicted octanol–water partition coefficient (Wildman–Crippen LogP) is 0.531. The number of carbonyl (C=O) groups is 1. The van der Waals surface area contributed by atoms with E-state index in [1.807, 2.05) is 19.2 Å². The van der Waals surface area contributed by atoms with Gasteiger partial charge in [-0.2, -0.15) is 0 Å². The first kappa shape index (κ1) is 15.9. The molecule has 5 heteroatoms. The van der Waals surface area contributed by atoms with Gasteiger partial charge in [0.1, 0.15) is 0 Å². The zero-order valence-corrected chi connectivity index (χ0v) is 12.9. The maximum Gasteiger partial charge on any atom is 0.234 e. The lowest BCUT2D eigenvalue weighted by Gasteiger charge is -2.32. The van der Waals surface area contributed by atoms with Crippen LogP contribution in [-0.2, 0) is 16.1 Å². The molecule has 0 saturated carbocycles. The number of rotatable bonds is 6. The summed E-state index contributed by atoms with van der Waals surface area (Å²) in [5.74, 6) is 0.0701. The molecule has 0 spiro atoms. The molecular formula is C16H25N3O2. The molecule has 0 aromatic heterocycles. The molecule has 1 aliphatic heterocycles. The second-order valence-electron chi connectivity index (χ2n) is 5.55. The third-order valence-corrected chi connectivity index (χ3v) is 3.63. The number of benzene rings is 1. The standard InChI is InChI=1S/C16H25N3O2/c1-13-3-5-14(6-4-13)9-18-16(20)12-19-7-8-21-15(11-19)10-17-2/h3-6,15,17H,7-12H2,1-2H3,(H,18,20). The van der Waals surface area contributed by atoms with E-state index < -0.39 is 0 Å². The highest BCUT2D eigenvalue weighted by atomic mass is 16.5. The lowest BCUT2D eigenvalue weighted by Crippen LogP contribution is -2.49. The minimum Gasteiger partial charge on any atom is -0.374 e. The normalized spacial score (nSPS) is 19.4. The van der Waals surface area contributed by atoms with Crippen molar-refractivity contribution in [2.75, 3.05) is 39.8 Å². The average molecular weight is 291 g/mol. The Balaban J connectivity index is 1.72. The van der Waals surface area contributed by atoms with Crippen molar-refractivity contribution < 1.29 is 9.53 Å². The Hall–Kier alpha value is -1.43. The number of hydrogen-bond acceptors (Lipinski definition) is 4. The van der Waals surface area contributed by atoms with Gasteiger partial charge in [0.05, 0.1) is 19.3 Å². The topological polar surface area (TPSA) is 53.6 Å². The second kappa shape index (κ2) is 8.12. The summed E-state index contributed by atoms with van der Waals surface area (Å²) in [6.07, 6.45) is 0.175. The number of morpholine rings is 1. The van der Waals surface area contributed by atoms with Crippen LogP contribution in [0.1, 0.15) is 11.1 Å². The van der Waals surface area contributed by atoms with Crippen LogP contribution in [0.3, 0.4) is 0 Å². The molecular weight excluding hydrogens is 266 g/mol. The van der Waals surface area contributed by atoms with E-state index in [1.165, 1.54) is 5.56 Å². The fraction of sp³-hybridized carbons (Fsp3) is 0.562. The lowest BCUT2D eigenvalue weighted by molar-refractivity contribution is -0.124. The zero-order valence-electron chi connectivity index (χ0n) is 12.9. The first-order valence-corrected chi connectivity index (χ1v) is 7.48. The monoisotopic (exact) mass is 291 g/mol. The molecule has 1 aromatic carbocycles. The van der Waals surface area contributed by atoms with Gasteiger partial charge in [-0.1, -0.05) is 29.8 Å². The molecule has 1 amide bonds. The maximum atomic E-state index is 12.0. The molecule has 0 radical (unpaired) electrons. The van der Waals surface area contributed by atoms with Gasteiger partial charge >= 0.3 is 0 Å². The quantitative estimate of drug-likeness (QED) is 0.803. The molecule has 2 rings (SSSR count). The van der Waals surface area contributed by atoms with Crippen LogP contribution >= 0.6 is 0 Å². The van der Waals surface area contributed by atoms with Crippen molar-refractivity contribution in [3.63, 3.8) is 0 Å². The SMILES string of the molecule is CNCC1CN(CC(=O)NCc2ccc(C)cc2)CCO1. The summed E-state index contributed by atoms with van der Waals surface area (Å²) in [6.45, 7) is 6.22. The molecule has 21 heavy (non-hydrogen) atoms. The largest absolute Gasteiger partial charge is 0.374 e. The fourth-order valence-electron chi connectivity index (χ4n) is 2.44. The Morgan fingerprint density at radius 1 is 1.38 bits per heavy atom. The summed E-state index contributed by atoms with van der Waals surface area (Å²) in [7, 11) is 1.91. The smallest absolute Gasteiger partial charge is 0.234 e. The molecule has 1 aromatic rings. The Kier molecular flexibility index (Phi) is 6.17. The highest BCUT2D eigenvalue weighted by molar-refractivity contribution is 5.78.